The molecule has 1 aliphatic rings. The number of ether oxygens (including phenoxy) is 1. The Bertz CT molecular complexity index is 217. The van der Waals surface area contributed by atoms with Gasteiger partial charge < -0.3 is 10.1 Å². The molecule has 1 aliphatic carbocycles. The van der Waals surface area contributed by atoms with Gasteiger partial charge in [0.05, 0.1) is 6.61 Å². The minimum absolute atomic E-state index is 0.591. The van der Waals surface area contributed by atoms with Crippen molar-refractivity contribution < 1.29 is 4.74 Å². The van der Waals surface area contributed by atoms with E-state index < -0.39 is 0 Å². The maximum absolute atomic E-state index is 5.26. The molecule has 0 aromatic rings. The van der Waals surface area contributed by atoms with Gasteiger partial charge >= 0.3 is 0 Å². The second-order valence-electron chi connectivity index (χ2n) is 5.97. The van der Waals surface area contributed by atoms with Gasteiger partial charge in [-0.15, -0.1) is 0 Å². The van der Waals surface area contributed by atoms with Crippen LogP contribution in [0.2, 0.25) is 0 Å². The fourth-order valence-electron chi connectivity index (χ4n) is 2.57. The molecule has 0 amide bonds. The second kappa shape index (κ2) is 8.13. The summed E-state index contributed by atoms with van der Waals surface area (Å²) in [7, 11) is 1.80. The smallest absolute Gasteiger partial charge is 0.0589 e. The molecular weight excluding hydrogens is 224 g/mol. The molecule has 2 atom stereocenters. The van der Waals surface area contributed by atoms with Crippen LogP contribution in [0.1, 0.15) is 40.5 Å². The molecule has 0 spiro atoms. The van der Waals surface area contributed by atoms with Crippen LogP contribution in [-0.4, -0.2) is 50.3 Å². The first kappa shape index (κ1) is 15.9. The van der Waals surface area contributed by atoms with Crippen molar-refractivity contribution in [3.63, 3.8) is 0 Å². The van der Waals surface area contributed by atoms with Gasteiger partial charge in [-0.2, -0.15) is 0 Å². The summed E-state index contributed by atoms with van der Waals surface area (Å²) in [5.74, 6) is 1.61. The van der Waals surface area contributed by atoms with Gasteiger partial charge in [-0.1, -0.05) is 20.8 Å². The van der Waals surface area contributed by atoms with Crippen molar-refractivity contribution >= 4 is 0 Å². The molecule has 0 aromatic heterocycles. The molecule has 1 fully saturated rings. The highest BCUT2D eigenvalue weighted by atomic mass is 16.5. The van der Waals surface area contributed by atoms with Crippen LogP contribution in [-0.2, 0) is 4.74 Å². The molecule has 3 nitrogen and oxygen atoms in total. The van der Waals surface area contributed by atoms with Gasteiger partial charge in [0.25, 0.3) is 0 Å². The largest absolute Gasteiger partial charge is 0.383 e. The van der Waals surface area contributed by atoms with Crippen molar-refractivity contribution in [2.45, 2.75) is 52.6 Å². The van der Waals surface area contributed by atoms with Gasteiger partial charge in [0.15, 0.2) is 0 Å². The predicted molar refractivity (Wildman–Crippen MR) is 77.9 cm³/mol. The molecule has 1 saturated carbocycles. The average Bonchev–Trinajstić information content (AvgIpc) is 3.16. The number of likely N-dealkylation sites (N-methyl/N-ethyl adjacent to an activating group) is 1. The number of nitrogens with one attached hydrogen (secondary N) is 1. The summed E-state index contributed by atoms with van der Waals surface area (Å²) in [5.41, 5.74) is 0. The summed E-state index contributed by atoms with van der Waals surface area (Å²) in [6.07, 6.45) is 2.83. The lowest BCUT2D eigenvalue weighted by molar-refractivity contribution is 0.102. The third-order valence-corrected chi connectivity index (χ3v) is 4.17. The van der Waals surface area contributed by atoms with E-state index in [0.717, 1.165) is 32.2 Å². The molecule has 0 radical (unpaired) electrons. The molecule has 0 aliphatic heterocycles. The van der Waals surface area contributed by atoms with E-state index in [-0.39, 0.29) is 0 Å². The Kier molecular flexibility index (Phi) is 7.20. The lowest BCUT2D eigenvalue weighted by atomic mass is 10.0. The Morgan fingerprint density at radius 1 is 1.28 bits per heavy atom. The zero-order valence-electron chi connectivity index (χ0n) is 12.9. The summed E-state index contributed by atoms with van der Waals surface area (Å²) in [6, 6.07) is 1.30. The zero-order valence-corrected chi connectivity index (χ0v) is 12.9. The topological polar surface area (TPSA) is 24.5 Å². The normalized spacial score (nSPS) is 19.5. The molecule has 0 saturated heterocycles. The summed E-state index contributed by atoms with van der Waals surface area (Å²) < 4.78 is 5.26. The van der Waals surface area contributed by atoms with Crippen molar-refractivity contribution in [2.24, 2.45) is 11.8 Å². The van der Waals surface area contributed by atoms with E-state index in [1.807, 2.05) is 0 Å². The van der Waals surface area contributed by atoms with Gasteiger partial charge in [-0.25, -0.2) is 0 Å². The van der Waals surface area contributed by atoms with Crippen molar-refractivity contribution in [3.05, 3.63) is 0 Å². The highest BCUT2D eigenvalue weighted by Gasteiger charge is 2.32. The quantitative estimate of drug-likeness (QED) is 0.649. The molecule has 108 valence electrons. The molecule has 1 N–H and O–H groups in total. The van der Waals surface area contributed by atoms with Crippen molar-refractivity contribution in [1.29, 1.82) is 0 Å². The zero-order chi connectivity index (χ0) is 13.5. The van der Waals surface area contributed by atoms with Crippen LogP contribution in [0.3, 0.4) is 0 Å². The third kappa shape index (κ3) is 5.25. The average molecular weight is 256 g/mol. The minimum Gasteiger partial charge on any atom is -0.383 e. The maximum Gasteiger partial charge on any atom is 0.0589 e. The molecule has 0 heterocycles. The first-order valence-electron chi connectivity index (χ1n) is 7.56. The lowest BCUT2D eigenvalue weighted by Gasteiger charge is -2.34. The van der Waals surface area contributed by atoms with E-state index in [9.17, 15) is 0 Å². The number of hydrogen-bond acceptors (Lipinski definition) is 3. The maximum atomic E-state index is 5.26. The third-order valence-electron chi connectivity index (χ3n) is 4.17. The van der Waals surface area contributed by atoms with E-state index in [4.69, 9.17) is 4.74 Å². The van der Waals surface area contributed by atoms with E-state index in [1.54, 1.807) is 7.11 Å². The monoisotopic (exact) mass is 256 g/mol. The summed E-state index contributed by atoms with van der Waals surface area (Å²) in [4.78, 5) is 2.62. The molecule has 3 heteroatoms. The number of rotatable bonds is 10. The SMILES string of the molecule is CCNC(CN(CCOC)C(C)C1CC1)C(C)C. The van der Waals surface area contributed by atoms with Crippen LogP contribution in [0.25, 0.3) is 0 Å². The molecule has 18 heavy (non-hydrogen) atoms. The molecule has 0 bridgehead atoms. The van der Waals surface area contributed by atoms with E-state index >= 15 is 0 Å². The van der Waals surface area contributed by atoms with Crippen molar-refractivity contribution in [1.82, 2.24) is 10.2 Å². The predicted octanol–water partition coefficient (Wildman–Crippen LogP) is 2.37. The van der Waals surface area contributed by atoms with Crippen LogP contribution in [0.15, 0.2) is 0 Å². The van der Waals surface area contributed by atoms with Gasteiger partial charge in [0.1, 0.15) is 0 Å². The highest BCUT2D eigenvalue weighted by molar-refractivity contribution is 4.87. The Hall–Kier alpha value is -0.120. The van der Waals surface area contributed by atoms with Crippen LogP contribution in [0.4, 0.5) is 0 Å². The number of methoxy groups -OCH3 is 1. The van der Waals surface area contributed by atoms with E-state index in [1.165, 1.54) is 12.8 Å². The van der Waals surface area contributed by atoms with Gasteiger partial charge in [0, 0.05) is 32.3 Å². The fourth-order valence-corrected chi connectivity index (χ4v) is 2.57. The van der Waals surface area contributed by atoms with E-state index in [2.05, 4.69) is 37.9 Å². The second-order valence-corrected chi connectivity index (χ2v) is 5.97. The Morgan fingerprint density at radius 3 is 2.39 bits per heavy atom. The Labute approximate surface area is 113 Å². The number of hydrogen-bond donors (Lipinski definition) is 1. The van der Waals surface area contributed by atoms with Crippen molar-refractivity contribution in [3.8, 4) is 0 Å². The van der Waals surface area contributed by atoms with E-state index in [0.29, 0.717) is 18.0 Å². The minimum atomic E-state index is 0.591. The van der Waals surface area contributed by atoms with Crippen molar-refractivity contribution in [2.75, 3.05) is 33.4 Å². The molecule has 1 rings (SSSR count). The number of nitrogens with zero attached hydrogens (tertiary/aromatic N) is 1. The summed E-state index contributed by atoms with van der Waals surface area (Å²) in [6.45, 7) is 13.3. The fraction of sp³-hybridized carbons (Fsp3) is 1.00. The first-order chi connectivity index (χ1) is 8.60. The van der Waals surface area contributed by atoms with Crippen LogP contribution >= 0.6 is 0 Å². The Balaban J connectivity index is 2.51. The standard InChI is InChI=1S/C15H32N2O/c1-6-16-15(12(2)3)11-17(9-10-18-5)13(4)14-7-8-14/h12-16H,6-11H2,1-5H3. The van der Waals surface area contributed by atoms with Gasteiger partial charge in [0.2, 0.25) is 0 Å². The molecule has 2 unspecified atom stereocenters. The van der Waals surface area contributed by atoms with Gasteiger partial charge in [-0.3, -0.25) is 4.90 Å². The molecule has 0 aromatic carbocycles. The van der Waals surface area contributed by atoms with Crippen LogP contribution in [0, 0.1) is 11.8 Å². The first-order valence-corrected chi connectivity index (χ1v) is 7.56. The van der Waals surface area contributed by atoms with Crippen LogP contribution < -0.4 is 5.32 Å². The Morgan fingerprint density at radius 2 is 1.94 bits per heavy atom. The molecular formula is C15H32N2O. The van der Waals surface area contributed by atoms with Crippen LogP contribution in [0.5, 0.6) is 0 Å². The lowest BCUT2D eigenvalue weighted by Crippen LogP contribution is -2.48. The summed E-state index contributed by atoms with van der Waals surface area (Å²) >= 11 is 0. The summed E-state index contributed by atoms with van der Waals surface area (Å²) in [5, 5.41) is 3.62. The van der Waals surface area contributed by atoms with Gasteiger partial charge in [-0.05, 0) is 38.1 Å². The highest BCUT2D eigenvalue weighted by Crippen LogP contribution is 2.35.